The SMILES string of the molecule is COC(=O)C(C(=O)OC)c1ccc(-c2cccc(OC)c2)cc1[N+](=O)[O-]. The van der Waals surface area contributed by atoms with Crippen molar-refractivity contribution in [3.63, 3.8) is 0 Å². The molecule has 0 unspecified atom stereocenters. The molecule has 0 aromatic heterocycles. The number of methoxy groups -OCH3 is 3. The predicted octanol–water partition coefficient (Wildman–Crippen LogP) is 2.70. The molecule has 2 aromatic rings. The molecule has 2 aromatic carbocycles. The fourth-order valence-electron chi connectivity index (χ4n) is 2.51. The number of benzene rings is 2. The highest BCUT2D eigenvalue weighted by Gasteiger charge is 2.36. The number of carbonyl (C=O) groups excluding carboxylic acids is 2. The third-order valence-electron chi connectivity index (χ3n) is 3.81. The molecule has 26 heavy (non-hydrogen) atoms. The van der Waals surface area contributed by atoms with E-state index in [1.54, 1.807) is 30.3 Å². The van der Waals surface area contributed by atoms with Gasteiger partial charge in [-0.25, -0.2) is 0 Å². The second-order valence-corrected chi connectivity index (χ2v) is 5.24. The normalized spacial score (nSPS) is 10.3. The maximum absolute atomic E-state index is 12.0. The molecule has 0 radical (unpaired) electrons. The standard InChI is InChI=1S/C18H17NO7/c1-24-13-6-4-5-11(9-13)12-7-8-14(15(10-12)19(22)23)16(17(20)25-2)18(21)26-3/h4-10,16H,1-3H3. The highest BCUT2D eigenvalue weighted by Crippen LogP contribution is 2.34. The van der Waals surface area contributed by atoms with Crippen molar-refractivity contribution in [1.82, 2.24) is 0 Å². The summed E-state index contributed by atoms with van der Waals surface area (Å²) in [6, 6.07) is 11.2. The summed E-state index contributed by atoms with van der Waals surface area (Å²) in [6.45, 7) is 0. The Balaban J connectivity index is 2.60. The van der Waals surface area contributed by atoms with Gasteiger partial charge in [0, 0.05) is 6.07 Å². The second-order valence-electron chi connectivity index (χ2n) is 5.24. The van der Waals surface area contributed by atoms with Crippen LogP contribution in [0.15, 0.2) is 42.5 Å². The Morgan fingerprint density at radius 1 is 0.962 bits per heavy atom. The van der Waals surface area contributed by atoms with E-state index in [1.807, 2.05) is 0 Å². The van der Waals surface area contributed by atoms with E-state index >= 15 is 0 Å². The third kappa shape index (κ3) is 3.80. The molecular weight excluding hydrogens is 342 g/mol. The van der Waals surface area contributed by atoms with Crippen LogP contribution in [0, 0.1) is 10.1 Å². The number of esters is 2. The van der Waals surface area contributed by atoms with Crippen molar-refractivity contribution >= 4 is 17.6 Å². The monoisotopic (exact) mass is 359 g/mol. The van der Waals surface area contributed by atoms with Gasteiger partial charge in [0.25, 0.3) is 5.69 Å². The Hall–Kier alpha value is -3.42. The van der Waals surface area contributed by atoms with E-state index in [0.717, 1.165) is 14.2 Å². The first-order valence-corrected chi connectivity index (χ1v) is 7.51. The number of rotatable bonds is 6. The lowest BCUT2D eigenvalue weighted by atomic mass is 9.94. The van der Waals surface area contributed by atoms with Gasteiger partial charge in [-0.15, -0.1) is 0 Å². The van der Waals surface area contributed by atoms with Crippen LogP contribution in [0.1, 0.15) is 11.5 Å². The lowest BCUT2D eigenvalue weighted by Gasteiger charge is -2.14. The summed E-state index contributed by atoms with van der Waals surface area (Å²) in [5.74, 6) is -2.82. The van der Waals surface area contributed by atoms with Gasteiger partial charge in [-0.05, 0) is 23.3 Å². The molecule has 0 aliphatic carbocycles. The topological polar surface area (TPSA) is 105 Å². The maximum atomic E-state index is 12.0. The van der Waals surface area contributed by atoms with Crippen molar-refractivity contribution in [1.29, 1.82) is 0 Å². The number of hydrogen-bond donors (Lipinski definition) is 0. The zero-order valence-corrected chi connectivity index (χ0v) is 14.4. The van der Waals surface area contributed by atoms with E-state index in [2.05, 4.69) is 9.47 Å². The van der Waals surface area contributed by atoms with Crippen LogP contribution in [-0.4, -0.2) is 38.2 Å². The average molecular weight is 359 g/mol. The Kier molecular flexibility index (Phi) is 5.90. The highest BCUT2D eigenvalue weighted by molar-refractivity contribution is 6.01. The van der Waals surface area contributed by atoms with Crippen LogP contribution in [0.3, 0.4) is 0 Å². The van der Waals surface area contributed by atoms with Crippen molar-refractivity contribution in [3.8, 4) is 16.9 Å². The summed E-state index contributed by atoms with van der Waals surface area (Å²) in [5, 5.41) is 11.5. The first-order valence-electron chi connectivity index (χ1n) is 7.51. The molecule has 0 heterocycles. The fraction of sp³-hybridized carbons (Fsp3) is 0.222. The van der Waals surface area contributed by atoms with Crippen molar-refractivity contribution < 1.29 is 28.7 Å². The average Bonchev–Trinajstić information content (AvgIpc) is 2.67. The molecule has 0 atom stereocenters. The summed E-state index contributed by atoms with van der Waals surface area (Å²) >= 11 is 0. The molecule has 8 nitrogen and oxygen atoms in total. The van der Waals surface area contributed by atoms with Crippen molar-refractivity contribution in [3.05, 3.63) is 58.1 Å². The lowest BCUT2D eigenvalue weighted by Crippen LogP contribution is -2.25. The third-order valence-corrected chi connectivity index (χ3v) is 3.81. The van der Waals surface area contributed by atoms with Gasteiger partial charge >= 0.3 is 11.9 Å². The lowest BCUT2D eigenvalue weighted by molar-refractivity contribution is -0.385. The Bertz CT molecular complexity index is 831. The zero-order chi connectivity index (χ0) is 19.3. The van der Waals surface area contributed by atoms with E-state index in [9.17, 15) is 19.7 Å². The van der Waals surface area contributed by atoms with Crippen LogP contribution in [0.2, 0.25) is 0 Å². The van der Waals surface area contributed by atoms with Gasteiger partial charge in [0.15, 0.2) is 5.92 Å². The number of nitro benzene ring substituents is 1. The fourth-order valence-corrected chi connectivity index (χ4v) is 2.51. The molecule has 2 rings (SSSR count). The van der Waals surface area contributed by atoms with Crippen LogP contribution in [-0.2, 0) is 19.1 Å². The summed E-state index contributed by atoms with van der Waals surface area (Å²) in [4.78, 5) is 34.8. The van der Waals surface area contributed by atoms with Crippen molar-refractivity contribution in [2.75, 3.05) is 21.3 Å². The summed E-state index contributed by atoms with van der Waals surface area (Å²) < 4.78 is 14.3. The van der Waals surface area contributed by atoms with Crippen LogP contribution in [0.5, 0.6) is 5.75 Å². The Labute approximate surface area is 149 Å². The summed E-state index contributed by atoms with van der Waals surface area (Å²) in [7, 11) is 3.70. The zero-order valence-electron chi connectivity index (χ0n) is 14.4. The van der Waals surface area contributed by atoms with Gasteiger partial charge in [-0.1, -0.05) is 24.3 Å². The molecule has 0 aliphatic heterocycles. The molecule has 0 saturated carbocycles. The van der Waals surface area contributed by atoms with Gasteiger partial charge in [0.2, 0.25) is 0 Å². The number of nitrogens with zero attached hydrogens (tertiary/aromatic N) is 1. The minimum atomic E-state index is -1.54. The van der Waals surface area contributed by atoms with Gasteiger partial charge in [0.1, 0.15) is 5.75 Å². The molecule has 0 bridgehead atoms. The van der Waals surface area contributed by atoms with E-state index in [1.165, 1.54) is 19.2 Å². The van der Waals surface area contributed by atoms with Crippen molar-refractivity contribution in [2.45, 2.75) is 5.92 Å². The quantitative estimate of drug-likeness (QED) is 0.338. The number of ether oxygens (including phenoxy) is 3. The molecule has 136 valence electrons. The smallest absolute Gasteiger partial charge is 0.324 e. The molecule has 0 fully saturated rings. The minimum absolute atomic E-state index is 0.0969. The summed E-state index contributed by atoms with van der Waals surface area (Å²) in [5.41, 5.74) is 0.742. The largest absolute Gasteiger partial charge is 0.497 e. The van der Waals surface area contributed by atoms with Gasteiger partial charge in [-0.3, -0.25) is 19.7 Å². The highest BCUT2D eigenvalue weighted by atomic mass is 16.6. The van der Waals surface area contributed by atoms with E-state index in [-0.39, 0.29) is 11.3 Å². The summed E-state index contributed by atoms with van der Waals surface area (Å²) in [6.07, 6.45) is 0. The Morgan fingerprint density at radius 2 is 1.58 bits per heavy atom. The molecule has 0 saturated heterocycles. The molecule has 0 spiro atoms. The molecule has 0 N–H and O–H groups in total. The van der Waals surface area contributed by atoms with Crippen molar-refractivity contribution in [2.24, 2.45) is 0 Å². The van der Waals surface area contributed by atoms with E-state index < -0.39 is 22.8 Å². The van der Waals surface area contributed by atoms with E-state index in [0.29, 0.717) is 16.9 Å². The van der Waals surface area contributed by atoms with Crippen LogP contribution in [0.25, 0.3) is 11.1 Å². The maximum Gasteiger partial charge on any atom is 0.324 e. The minimum Gasteiger partial charge on any atom is -0.497 e. The predicted molar refractivity (Wildman–Crippen MR) is 91.9 cm³/mol. The number of nitro groups is 1. The molecule has 0 amide bonds. The Morgan fingerprint density at radius 3 is 2.12 bits per heavy atom. The van der Waals surface area contributed by atoms with Gasteiger partial charge < -0.3 is 14.2 Å². The number of hydrogen-bond acceptors (Lipinski definition) is 7. The molecule has 0 aliphatic rings. The van der Waals surface area contributed by atoms with Gasteiger partial charge in [0.05, 0.1) is 31.8 Å². The first-order chi connectivity index (χ1) is 12.4. The van der Waals surface area contributed by atoms with E-state index in [4.69, 9.17) is 4.74 Å². The second kappa shape index (κ2) is 8.11. The first kappa shape index (κ1) is 18.9. The molecular formula is C18H17NO7. The van der Waals surface area contributed by atoms with Crippen LogP contribution in [0.4, 0.5) is 5.69 Å². The van der Waals surface area contributed by atoms with Crippen LogP contribution < -0.4 is 4.74 Å². The number of carbonyl (C=O) groups is 2. The van der Waals surface area contributed by atoms with Gasteiger partial charge in [-0.2, -0.15) is 0 Å². The van der Waals surface area contributed by atoms with Crippen LogP contribution >= 0.6 is 0 Å². The molecule has 8 heteroatoms.